The Bertz CT molecular complexity index is 628. The van der Waals surface area contributed by atoms with Gasteiger partial charge in [-0.2, -0.15) is 4.39 Å². The summed E-state index contributed by atoms with van der Waals surface area (Å²) in [5, 5.41) is 9.17. The predicted octanol–water partition coefficient (Wildman–Crippen LogP) is 5.39. The lowest BCUT2D eigenvalue weighted by Gasteiger charge is -2.22. The maximum Gasteiger partial charge on any atom is 0.200 e. The SMILES string of the molecule is Oc1ccc(-c2ccc(C3CCCCC3)cc2)c(F)c1F. The fourth-order valence-electron chi connectivity index (χ4n) is 3.13. The van der Waals surface area contributed by atoms with Crippen molar-refractivity contribution in [2.45, 2.75) is 38.0 Å². The molecule has 0 aliphatic heterocycles. The molecule has 0 bridgehead atoms. The van der Waals surface area contributed by atoms with Crippen LogP contribution in [0.1, 0.15) is 43.6 Å². The van der Waals surface area contributed by atoms with E-state index in [1.54, 1.807) is 0 Å². The van der Waals surface area contributed by atoms with Gasteiger partial charge in [-0.15, -0.1) is 0 Å². The molecule has 0 atom stereocenters. The summed E-state index contributed by atoms with van der Waals surface area (Å²) in [5.41, 5.74) is 2.09. The van der Waals surface area contributed by atoms with E-state index in [-0.39, 0.29) is 5.56 Å². The molecular formula is C18H18F2O. The van der Waals surface area contributed by atoms with Crippen LogP contribution in [0.5, 0.6) is 5.75 Å². The second-order valence-corrected chi connectivity index (χ2v) is 5.72. The third kappa shape index (κ3) is 2.78. The van der Waals surface area contributed by atoms with Crippen molar-refractivity contribution in [3.05, 3.63) is 53.6 Å². The smallest absolute Gasteiger partial charge is 0.200 e. The Morgan fingerprint density at radius 3 is 2.14 bits per heavy atom. The molecule has 3 rings (SSSR count). The maximum absolute atomic E-state index is 13.9. The van der Waals surface area contributed by atoms with Crippen LogP contribution in [-0.2, 0) is 0 Å². The van der Waals surface area contributed by atoms with Gasteiger partial charge in [0, 0.05) is 5.56 Å². The second-order valence-electron chi connectivity index (χ2n) is 5.72. The highest BCUT2D eigenvalue weighted by molar-refractivity contribution is 5.65. The molecule has 21 heavy (non-hydrogen) atoms. The first-order valence-electron chi connectivity index (χ1n) is 7.44. The average molecular weight is 288 g/mol. The van der Waals surface area contributed by atoms with Crippen molar-refractivity contribution in [2.75, 3.05) is 0 Å². The normalized spacial score (nSPS) is 16.1. The molecule has 1 saturated carbocycles. The lowest BCUT2D eigenvalue weighted by atomic mass is 9.83. The van der Waals surface area contributed by atoms with E-state index < -0.39 is 17.4 Å². The van der Waals surface area contributed by atoms with Crippen LogP contribution in [0, 0.1) is 11.6 Å². The molecule has 0 heterocycles. The zero-order valence-electron chi connectivity index (χ0n) is 11.8. The minimum atomic E-state index is -1.19. The maximum atomic E-state index is 13.9. The summed E-state index contributed by atoms with van der Waals surface area (Å²) < 4.78 is 27.3. The largest absolute Gasteiger partial charge is 0.505 e. The van der Waals surface area contributed by atoms with Crippen LogP contribution in [0.2, 0.25) is 0 Å². The van der Waals surface area contributed by atoms with Crippen molar-refractivity contribution >= 4 is 0 Å². The van der Waals surface area contributed by atoms with Gasteiger partial charge in [-0.1, -0.05) is 43.5 Å². The van der Waals surface area contributed by atoms with Gasteiger partial charge in [0.1, 0.15) is 0 Å². The molecule has 3 heteroatoms. The van der Waals surface area contributed by atoms with Crippen molar-refractivity contribution < 1.29 is 13.9 Å². The number of rotatable bonds is 2. The van der Waals surface area contributed by atoms with Gasteiger partial charge in [-0.05, 0) is 42.0 Å². The van der Waals surface area contributed by atoms with Crippen LogP contribution in [0.3, 0.4) is 0 Å². The van der Waals surface area contributed by atoms with E-state index in [0.717, 1.165) is 0 Å². The summed E-state index contributed by atoms with van der Waals surface area (Å²) in [6, 6.07) is 10.3. The molecule has 1 fully saturated rings. The molecule has 0 radical (unpaired) electrons. The molecule has 0 spiro atoms. The predicted molar refractivity (Wildman–Crippen MR) is 79.3 cm³/mol. The molecule has 0 aromatic heterocycles. The summed E-state index contributed by atoms with van der Waals surface area (Å²) >= 11 is 0. The van der Waals surface area contributed by atoms with Crippen LogP contribution in [0.15, 0.2) is 36.4 Å². The van der Waals surface area contributed by atoms with E-state index >= 15 is 0 Å². The summed E-state index contributed by atoms with van der Waals surface area (Å²) in [4.78, 5) is 0. The molecule has 1 N–H and O–H groups in total. The third-order valence-corrected chi connectivity index (χ3v) is 4.36. The third-order valence-electron chi connectivity index (χ3n) is 4.36. The molecular weight excluding hydrogens is 270 g/mol. The molecule has 0 unspecified atom stereocenters. The zero-order valence-corrected chi connectivity index (χ0v) is 11.8. The number of aromatic hydroxyl groups is 1. The highest BCUT2D eigenvalue weighted by Gasteiger charge is 2.17. The quantitative estimate of drug-likeness (QED) is 0.786. The van der Waals surface area contributed by atoms with E-state index in [9.17, 15) is 13.9 Å². The molecule has 0 saturated heterocycles. The summed E-state index contributed by atoms with van der Waals surface area (Å²) in [6.07, 6.45) is 6.27. The first kappa shape index (κ1) is 14.1. The average Bonchev–Trinajstić information content (AvgIpc) is 2.54. The Morgan fingerprint density at radius 2 is 1.48 bits per heavy atom. The van der Waals surface area contributed by atoms with Gasteiger partial charge < -0.3 is 5.11 Å². The Kier molecular flexibility index (Phi) is 3.91. The summed E-state index contributed by atoms with van der Waals surface area (Å²) in [5.74, 6) is -2.26. The number of hydrogen-bond acceptors (Lipinski definition) is 1. The molecule has 2 aromatic carbocycles. The highest BCUT2D eigenvalue weighted by atomic mass is 19.2. The summed E-state index contributed by atoms with van der Waals surface area (Å²) in [7, 11) is 0. The van der Waals surface area contributed by atoms with Gasteiger partial charge in [0.15, 0.2) is 11.6 Å². The summed E-state index contributed by atoms with van der Waals surface area (Å²) in [6.45, 7) is 0. The van der Waals surface area contributed by atoms with Gasteiger partial charge in [0.05, 0.1) is 0 Å². The van der Waals surface area contributed by atoms with E-state index in [4.69, 9.17) is 0 Å². The fraction of sp³-hybridized carbons (Fsp3) is 0.333. The van der Waals surface area contributed by atoms with Gasteiger partial charge in [0.25, 0.3) is 0 Å². The highest BCUT2D eigenvalue weighted by Crippen LogP contribution is 2.34. The number of halogens is 2. The first-order valence-corrected chi connectivity index (χ1v) is 7.44. The zero-order chi connectivity index (χ0) is 14.8. The lowest BCUT2D eigenvalue weighted by Crippen LogP contribution is -2.04. The van der Waals surface area contributed by atoms with E-state index in [1.165, 1.54) is 49.8 Å². The molecule has 0 amide bonds. The molecule has 1 aliphatic carbocycles. The monoisotopic (exact) mass is 288 g/mol. The van der Waals surface area contributed by atoms with Crippen molar-refractivity contribution in [3.63, 3.8) is 0 Å². The topological polar surface area (TPSA) is 20.2 Å². The molecule has 1 nitrogen and oxygen atoms in total. The minimum absolute atomic E-state index is 0.181. The van der Waals surface area contributed by atoms with Crippen LogP contribution < -0.4 is 0 Å². The van der Waals surface area contributed by atoms with Crippen molar-refractivity contribution in [3.8, 4) is 16.9 Å². The van der Waals surface area contributed by atoms with Crippen molar-refractivity contribution in [1.29, 1.82) is 0 Å². The van der Waals surface area contributed by atoms with Gasteiger partial charge in [-0.25, -0.2) is 4.39 Å². The second kappa shape index (κ2) is 5.84. The van der Waals surface area contributed by atoms with Crippen LogP contribution in [0.4, 0.5) is 8.78 Å². The van der Waals surface area contributed by atoms with Gasteiger partial charge in [0.2, 0.25) is 5.82 Å². The number of phenolic OH excluding ortho intramolecular Hbond substituents is 1. The number of phenols is 1. The van der Waals surface area contributed by atoms with Crippen LogP contribution >= 0.6 is 0 Å². The van der Waals surface area contributed by atoms with Crippen LogP contribution in [0.25, 0.3) is 11.1 Å². The molecule has 1 aliphatic rings. The molecule has 2 aromatic rings. The Hall–Kier alpha value is -1.90. The standard InChI is InChI=1S/C18H18F2O/c19-17-15(10-11-16(21)18(17)20)14-8-6-13(7-9-14)12-4-2-1-3-5-12/h6-12,21H,1-5H2. The number of benzene rings is 2. The Morgan fingerprint density at radius 1 is 0.810 bits per heavy atom. The molecule has 110 valence electrons. The lowest BCUT2D eigenvalue weighted by molar-refractivity contribution is 0.408. The minimum Gasteiger partial charge on any atom is -0.505 e. The fourth-order valence-corrected chi connectivity index (χ4v) is 3.13. The Labute approximate surface area is 123 Å². The van der Waals surface area contributed by atoms with Gasteiger partial charge in [-0.3, -0.25) is 0 Å². The van der Waals surface area contributed by atoms with Crippen molar-refractivity contribution in [1.82, 2.24) is 0 Å². The van der Waals surface area contributed by atoms with E-state index in [2.05, 4.69) is 0 Å². The van der Waals surface area contributed by atoms with Gasteiger partial charge >= 0.3 is 0 Å². The van der Waals surface area contributed by atoms with E-state index in [1.807, 2.05) is 24.3 Å². The van der Waals surface area contributed by atoms with E-state index in [0.29, 0.717) is 11.5 Å². The first-order chi connectivity index (χ1) is 10.2. The number of hydrogen-bond donors (Lipinski definition) is 1. The van der Waals surface area contributed by atoms with Crippen molar-refractivity contribution in [2.24, 2.45) is 0 Å². The van der Waals surface area contributed by atoms with Crippen LogP contribution in [-0.4, -0.2) is 5.11 Å². The Balaban J connectivity index is 1.89.